The number of hydrogen-bond acceptors (Lipinski definition) is 4. The van der Waals surface area contributed by atoms with Gasteiger partial charge in [0.25, 0.3) is 11.6 Å². The molecule has 0 aliphatic rings. The van der Waals surface area contributed by atoms with Gasteiger partial charge in [0.15, 0.2) is 0 Å². The third kappa shape index (κ3) is 4.48. The molecule has 2 aromatic carbocycles. The van der Waals surface area contributed by atoms with E-state index in [9.17, 15) is 28.1 Å². The highest BCUT2D eigenvalue weighted by Gasteiger charge is 2.29. The summed E-state index contributed by atoms with van der Waals surface area (Å²) in [4.78, 5) is 22.4. The van der Waals surface area contributed by atoms with E-state index in [2.05, 4.69) is 5.32 Å². The molecule has 0 aliphatic carbocycles. The topological polar surface area (TPSA) is 72.2 Å². The molecule has 0 atom stereocenters. The number of benzene rings is 2. The van der Waals surface area contributed by atoms with Crippen LogP contribution in [-0.4, -0.2) is 16.3 Å². The molecule has 0 saturated heterocycles. The van der Waals surface area contributed by atoms with E-state index in [-0.39, 0.29) is 33.6 Å². The van der Waals surface area contributed by atoms with Crippen molar-refractivity contribution in [2.45, 2.75) is 17.3 Å². The summed E-state index contributed by atoms with van der Waals surface area (Å²) in [5.41, 5.74) is -3.83. The number of anilines is 1. The van der Waals surface area contributed by atoms with E-state index >= 15 is 0 Å². The first kappa shape index (κ1) is 17.8. The second-order valence-electron chi connectivity index (χ2n) is 4.73. The number of nitrogens with zero attached hydrogens (tertiary/aromatic N) is 1. The second kappa shape index (κ2) is 6.91. The van der Waals surface area contributed by atoms with Crippen LogP contribution in [0.5, 0.6) is 0 Å². The fourth-order valence-corrected chi connectivity index (χ4v) is 2.50. The van der Waals surface area contributed by atoms with Gasteiger partial charge in [0, 0.05) is 16.5 Å². The molecule has 9 heteroatoms. The van der Waals surface area contributed by atoms with Gasteiger partial charge in [-0.05, 0) is 49.0 Å². The van der Waals surface area contributed by atoms with Crippen molar-refractivity contribution in [1.29, 1.82) is 0 Å². The molecule has 0 radical (unpaired) electrons. The molecule has 0 bridgehead atoms. The number of rotatable bonds is 4. The van der Waals surface area contributed by atoms with Crippen LogP contribution in [0.4, 0.5) is 24.5 Å². The molecule has 1 amide bonds. The average Bonchev–Trinajstić information content (AvgIpc) is 2.48. The van der Waals surface area contributed by atoms with E-state index in [1.807, 2.05) is 0 Å². The van der Waals surface area contributed by atoms with Crippen LogP contribution in [-0.2, 0) is 0 Å². The standard InChI is InChI=1S/C15H11F3N2O3S/c1-9-12(3-2-4-13(9)20(22)23)19-14(21)10-5-7-11(8-6-10)24-15(16,17)18/h2-8H,1H3,(H,19,21). The van der Waals surface area contributed by atoms with Crippen LogP contribution in [0.3, 0.4) is 0 Å². The fourth-order valence-electron chi connectivity index (χ4n) is 1.96. The number of nitro groups is 1. The lowest BCUT2D eigenvalue weighted by molar-refractivity contribution is -0.385. The minimum Gasteiger partial charge on any atom is -0.321 e. The van der Waals surface area contributed by atoms with Crippen LogP contribution in [0.2, 0.25) is 0 Å². The summed E-state index contributed by atoms with van der Waals surface area (Å²) in [6.07, 6.45) is 0. The summed E-state index contributed by atoms with van der Waals surface area (Å²) in [7, 11) is 0. The Kier molecular flexibility index (Phi) is 5.13. The van der Waals surface area contributed by atoms with Crippen LogP contribution in [0.1, 0.15) is 15.9 Å². The lowest BCUT2D eigenvalue weighted by Gasteiger charge is -2.09. The molecule has 1 N–H and O–H groups in total. The van der Waals surface area contributed by atoms with Gasteiger partial charge < -0.3 is 5.32 Å². The van der Waals surface area contributed by atoms with E-state index in [1.54, 1.807) is 0 Å². The third-order valence-electron chi connectivity index (χ3n) is 3.10. The minimum absolute atomic E-state index is 0.0365. The quantitative estimate of drug-likeness (QED) is 0.487. The zero-order valence-corrected chi connectivity index (χ0v) is 13.1. The van der Waals surface area contributed by atoms with Crippen LogP contribution in [0.25, 0.3) is 0 Å². The monoisotopic (exact) mass is 356 g/mol. The van der Waals surface area contributed by atoms with E-state index in [4.69, 9.17) is 0 Å². The predicted molar refractivity (Wildman–Crippen MR) is 84.1 cm³/mol. The molecule has 2 aromatic rings. The Bertz CT molecular complexity index is 777. The molecule has 0 aromatic heterocycles. The molecule has 0 aliphatic heterocycles. The molecule has 24 heavy (non-hydrogen) atoms. The Balaban J connectivity index is 2.16. The van der Waals surface area contributed by atoms with E-state index in [1.165, 1.54) is 49.4 Å². The molecular formula is C15H11F3N2O3S. The van der Waals surface area contributed by atoms with Gasteiger partial charge >= 0.3 is 5.51 Å². The number of carbonyl (C=O) groups excluding carboxylic acids is 1. The number of alkyl halides is 3. The van der Waals surface area contributed by atoms with Crippen molar-refractivity contribution in [2.24, 2.45) is 0 Å². The molecule has 0 heterocycles. The van der Waals surface area contributed by atoms with Crippen LogP contribution in [0, 0.1) is 17.0 Å². The lowest BCUT2D eigenvalue weighted by Crippen LogP contribution is -2.13. The van der Waals surface area contributed by atoms with Gasteiger partial charge in [0.2, 0.25) is 0 Å². The molecule has 0 unspecified atom stereocenters. The minimum atomic E-state index is -4.40. The van der Waals surface area contributed by atoms with Crippen molar-refractivity contribution in [3.63, 3.8) is 0 Å². The number of halogens is 3. The number of hydrogen-bond donors (Lipinski definition) is 1. The molecule has 126 valence electrons. The normalized spacial score (nSPS) is 11.2. The Morgan fingerprint density at radius 1 is 1.17 bits per heavy atom. The Hall–Kier alpha value is -2.55. The van der Waals surface area contributed by atoms with Crippen molar-refractivity contribution in [1.82, 2.24) is 0 Å². The van der Waals surface area contributed by atoms with Crippen LogP contribution in [0.15, 0.2) is 47.4 Å². The Morgan fingerprint density at radius 2 is 1.79 bits per heavy atom. The van der Waals surface area contributed by atoms with Gasteiger partial charge in [-0.2, -0.15) is 13.2 Å². The maximum absolute atomic E-state index is 12.3. The largest absolute Gasteiger partial charge is 0.446 e. The maximum Gasteiger partial charge on any atom is 0.446 e. The first-order valence-corrected chi connectivity index (χ1v) is 7.40. The fraction of sp³-hybridized carbons (Fsp3) is 0.133. The Labute approximate surface area is 139 Å². The van der Waals surface area contributed by atoms with Gasteiger partial charge in [0.1, 0.15) is 0 Å². The molecule has 2 rings (SSSR count). The van der Waals surface area contributed by atoms with Crippen molar-refractivity contribution < 1.29 is 22.9 Å². The highest BCUT2D eigenvalue weighted by atomic mass is 32.2. The summed E-state index contributed by atoms with van der Waals surface area (Å²) in [6.45, 7) is 1.50. The van der Waals surface area contributed by atoms with Crippen LogP contribution < -0.4 is 5.32 Å². The zero-order chi connectivity index (χ0) is 17.9. The highest BCUT2D eigenvalue weighted by Crippen LogP contribution is 2.36. The first-order valence-electron chi connectivity index (χ1n) is 6.58. The van der Waals surface area contributed by atoms with Crippen molar-refractivity contribution in [3.05, 3.63) is 63.7 Å². The van der Waals surface area contributed by atoms with Crippen molar-refractivity contribution >= 4 is 29.0 Å². The van der Waals surface area contributed by atoms with Gasteiger partial charge in [-0.25, -0.2) is 0 Å². The van der Waals surface area contributed by atoms with Gasteiger partial charge in [-0.3, -0.25) is 14.9 Å². The summed E-state index contributed by atoms with van der Waals surface area (Å²) in [5, 5.41) is 13.4. The predicted octanol–water partition coefficient (Wildman–Crippen LogP) is 4.77. The number of nitrogens with one attached hydrogen (secondary N) is 1. The molecule has 5 nitrogen and oxygen atoms in total. The zero-order valence-electron chi connectivity index (χ0n) is 12.3. The number of thioether (sulfide) groups is 1. The molecule has 0 fully saturated rings. The molecule has 0 spiro atoms. The van der Waals surface area contributed by atoms with Crippen LogP contribution >= 0.6 is 11.8 Å². The highest BCUT2D eigenvalue weighted by molar-refractivity contribution is 8.00. The summed E-state index contributed by atoms with van der Waals surface area (Å²) < 4.78 is 36.8. The second-order valence-corrected chi connectivity index (χ2v) is 5.87. The smallest absolute Gasteiger partial charge is 0.321 e. The summed E-state index contributed by atoms with van der Waals surface area (Å²) >= 11 is -0.274. The molecule has 0 saturated carbocycles. The van der Waals surface area contributed by atoms with Crippen molar-refractivity contribution in [3.8, 4) is 0 Å². The van der Waals surface area contributed by atoms with E-state index in [0.717, 1.165) is 0 Å². The van der Waals surface area contributed by atoms with Gasteiger partial charge in [-0.15, -0.1) is 0 Å². The first-order chi connectivity index (χ1) is 11.2. The maximum atomic E-state index is 12.3. The van der Waals surface area contributed by atoms with E-state index in [0.29, 0.717) is 5.56 Å². The number of carbonyl (C=O) groups is 1. The number of amides is 1. The summed E-state index contributed by atoms with van der Waals surface area (Å²) in [6, 6.07) is 9.15. The number of nitro benzene ring substituents is 1. The van der Waals surface area contributed by atoms with E-state index < -0.39 is 16.3 Å². The van der Waals surface area contributed by atoms with Gasteiger partial charge in [0.05, 0.1) is 16.2 Å². The SMILES string of the molecule is Cc1c(NC(=O)c2ccc(SC(F)(F)F)cc2)cccc1[N+](=O)[O-]. The molecular weight excluding hydrogens is 345 g/mol. The van der Waals surface area contributed by atoms with Gasteiger partial charge in [-0.1, -0.05) is 6.07 Å². The average molecular weight is 356 g/mol. The Morgan fingerprint density at radius 3 is 2.33 bits per heavy atom. The summed E-state index contributed by atoms with van der Waals surface area (Å²) in [5.74, 6) is -0.567. The lowest BCUT2D eigenvalue weighted by atomic mass is 10.1. The third-order valence-corrected chi connectivity index (χ3v) is 3.84. The van der Waals surface area contributed by atoms with Crippen molar-refractivity contribution in [2.75, 3.05) is 5.32 Å².